The smallest absolute Gasteiger partial charge is 0.337 e. The number of ether oxygens (including phenoxy) is 1. The second-order valence-corrected chi connectivity index (χ2v) is 7.92. The first-order valence-electron chi connectivity index (χ1n) is 7.69. The Morgan fingerprint density at radius 3 is 2.61 bits per heavy atom. The zero-order chi connectivity index (χ0) is 16.8. The Hall–Kier alpha value is -1.89. The Balaban J connectivity index is 2.06. The molecule has 1 aliphatic carbocycles. The van der Waals surface area contributed by atoms with Crippen molar-refractivity contribution in [1.82, 2.24) is 4.31 Å². The van der Waals surface area contributed by atoms with Gasteiger partial charge in [0.05, 0.1) is 24.3 Å². The van der Waals surface area contributed by atoms with E-state index in [1.807, 2.05) is 6.92 Å². The van der Waals surface area contributed by atoms with Crippen LogP contribution in [0.4, 0.5) is 0 Å². The molecule has 6 nitrogen and oxygen atoms in total. The maximum absolute atomic E-state index is 12.9. The summed E-state index contributed by atoms with van der Waals surface area (Å²) >= 11 is 0. The van der Waals surface area contributed by atoms with Gasteiger partial charge in [-0.1, -0.05) is 19.8 Å². The molecule has 1 aliphatic heterocycles. The van der Waals surface area contributed by atoms with E-state index in [2.05, 4.69) is 4.74 Å². The number of rotatable bonds is 2. The SMILES string of the molecule is COC(=O)c1ccc2c(c1)S(=O)(=O)N([C@H]1CCCC[C@H]1C)C2=O. The molecule has 0 aromatic heterocycles. The molecule has 0 spiro atoms. The van der Waals surface area contributed by atoms with E-state index in [-0.39, 0.29) is 28.0 Å². The van der Waals surface area contributed by atoms with Crippen molar-refractivity contribution in [2.75, 3.05) is 7.11 Å². The maximum atomic E-state index is 12.9. The third-order valence-electron chi connectivity index (χ3n) is 4.74. The largest absolute Gasteiger partial charge is 0.465 e. The third-order valence-corrected chi connectivity index (χ3v) is 6.59. The summed E-state index contributed by atoms with van der Waals surface area (Å²) in [5.74, 6) is -0.980. The van der Waals surface area contributed by atoms with Gasteiger partial charge in [-0.3, -0.25) is 4.79 Å². The minimum atomic E-state index is -3.92. The lowest BCUT2D eigenvalue weighted by molar-refractivity contribution is 0.0599. The first-order valence-corrected chi connectivity index (χ1v) is 9.13. The van der Waals surface area contributed by atoms with Gasteiger partial charge in [0.1, 0.15) is 4.90 Å². The molecular weight excluding hydrogens is 318 g/mol. The van der Waals surface area contributed by atoms with E-state index in [0.717, 1.165) is 23.6 Å². The lowest BCUT2D eigenvalue weighted by atomic mass is 9.86. The number of nitrogens with zero attached hydrogens (tertiary/aromatic N) is 1. The minimum Gasteiger partial charge on any atom is -0.465 e. The molecule has 1 heterocycles. The van der Waals surface area contributed by atoms with E-state index in [0.29, 0.717) is 6.42 Å². The van der Waals surface area contributed by atoms with Gasteiger partial charge in [-0.05, 0) is 37.0 Å². The summed E-state index contributed by atoms with van der Waals surface area (Å²) in [4.78, 5) is 24.2. The van der Waals surface area contributed by atoms with Gasteiger partial charge in [0.15, 0.2) is 0 Å². The topological polar surface area (TPSA) is 80.8 Å². The average Bonchev–Trinajstić information content (AvgIpc) is 2.74. The number of carbonyl (C=O) groups excluding carboxylic acids is 2. The fraction of sp³-hybridized carbons (Fsp3) is 0.500. The second-order valence-electron chi connectivity index (χ2n) is 6.14. The van der Waals surface area contributed by atoms with Crippen LogP contribution in [0.2, 0.25) is 0 Å². The summed E-state index contributed by atoms with van der Waals surface area (Å²) in [5.41, 5.74) is 0.261. The van der Waals surface area contributed by atoms with Crippen LogP contribution < -0.4 is 0 Å². The highest BCUT2D eigenvalue weighted by Gasteiger charge is 2.47. The first-order chi connectivity index (χ1) is 10.9. The van der Waals surface area contributed by atoms with Gasteiger partial charge >= 0.3 is 5.97 Å². The molecule has 1 amide bonds. The van der Waals surface area contributed by atoms with Crippen molar-refractivity contribution in [2.24, 2.45) is 5.92 Å². The van der Waals surface area contributed by atoms with Gasteiger partial charge in [-0.2, -0.15) is 0 Å². The van der Waals surface area contributed by atoms with Crippen LogP contribution in [0.3, 0.4) is 0 Å². The molecule has 0 N–H and O–H groups in total. The van der Waals surface area contributed by atoms with Crippen LogP contribution in [0, 0.1) is 5.92 Å². The molecule has 0 radical (unpaired) electrons. The first kappa shape index (κ1) is 16.0. The maximum Gasteiger partial charge on any atom is 0.337 e. The molecule has 1 fully saturated rings. The zero-order valence-electron chi connectivity index (χ0n) is 13.1. The van der Waals surface area contributed by atoms with Crippen molar-refractivity contribution in [2.45, 2.75) is 43.5 Å². The highest BCUT2D eigenvalue weighted by atomic mass is 32.2. The van der Waals surface area contributed by atoms with E-state index in [9.17, 15) is 18.0 Å². The molecule has 2 atom stereocenters. The van der Waals surface area contributed by atoms with Crippen LogP contribution in [0.25, 0.3) is 0 Å². The second kappa shape index (κ2) is 5.63. The van der Waals surface area contributed by atoms with Gasteiger partial charge in [0, 0.05) is 0 Å². The summed E-state index contributed by atoms with van der Waals surface area (Å²) in [6.45, 7) is 1.98. The molecule has 0 saturated heterocycles. The standard InChI is InChI=1S/C16H19NO5S/c1-10-5-3-4-6-13(10)17-15(18)12-8-7-11(16(19)22-2)9-14(12)23(17,20)21/h7-10,13H,3-6H2,1-2H3/t10-,13+/m1/s1. The molecule has 1 aromatic carbocycles. The van der Waals surface area contributed by atoms with E-state index >= 15 is 0 Å². The monoisotopic (exact) mass is 337 g/mol. The van der Waals surface area contributed by atoms with Crippen LogP contribution in [-0.2, 0) is 14.8 Å². The molecular formula is C16H19NO5S. The zero-order valence-corrected chi connectivity index (χ0v) is 13.9. The average molecular weight is 337 g/mol. The summed E-state index contributed by atoms with van der Waals surface area (Å²) in [7, 11) is -2.69. The Morgan fingerprint density at radius 2 is 1.96 bits per heavy atom. The molecule has 1 aromatic rings. The fourth-order valence-corrected chi connectivity index (χ4v) is 5.37. The Morgan fingerprint density at radius 1 is 1.26 bits per heavy atom. The fourth-order valence-electron chi connectivity index (χ4n) is 3.47. The van der Waals surface area contributed by atoms with E-state index < -0.39 is 21.9 Å². The number of amides is 1. The number of esters is 1. The van der Waals surface area contributed by atoms with E-state index in [4.69, 9.17) is 0 Å². The van der Waals surface area contributed by atoms with E-state index in [1.165, 1.54) is 25.3 Å². The molecule has 124 valence electrons. The Bertz CT molecular complexity index is 771. The van der Waals surface area contributed by atoms with Crippen molar-refractivity contribution in [3.8, 4) is 0 Å². The lowest BCUT2D eigenvalue weighted by Gasteiger charge is -2.34. The lowest BCUT2D eigenvalue weighted by Crippen LogP contribution is -2.44. The third kappa shape index (κ3) is 2.43. The number of carbonyl (C=O) groups is 2. The molecule has 0 unspecified atom stereocenters. The normalized spacial score (nSPS) is 26.0. The number of sulfonamides is 1. The van der Waals surface area contributed by atoms with Crippen molar-refractivity contribution in [3.63, 3.8) is 0 Å². The highest BCUT2D eigenvalue weighted by molar-refractivity contribution is 7.90. The van der Waals surface area contributed by atoms with Gasteiger partial charge in [-0.25, -0.2) is 17.5 Å². The quantitative estimate of drug-likeness (QED) is 0.773. The minimum absolute atomic E-state index is 0.0943. The Labute approximate surface area is 135 Å². The molecule has 23 heavy (non-hydrogen) atoms. The number of methoxy groups -OCH3 is 1. The number of hydrogen-bond acceptors (Lipinski definition) is 5. The van der Waals surface area contributed by atoms with Crippen molar-refractivity contribution in [1.29, 1.82) is 0 Å². The van der Waals surface area contributed by atoms with Gasteiger partial charge in [0.2, 0.25) is 0 Å². The van der Waals surface area contributed by atoms with Crippen LogP contribution in [0.15, 0.2) is 23.1 Å². The highest BCUT2D eigenvalue weighted by Crippen LogP contribution is 2.38. The number of hydrogen-bond donors (Lipinski definition) is 0. The summed E-state index contributed by atoms with van der Waals surface area (Å²) in [5, 5.41) is 0. The number of fused-ring (bicyclic) bond motifs is 1. The van der Waals surface area contributed by atoms with Gasteiger partial charge in [-0.15, -0.1) is 0 Å². The summed E-state index contributed by atoms with van der Waals surface area (Å²) < 4.78 is 31.4. The summed E-state index contributed by atoms with van der Waals surface area (Å²) in [6.07, 6.45) is 3.56. The van der Waals surface area contributed by atoms with Crippen molar-refractivity contribution < 1.29 is 22.7 Å². The Kier molecular flexibility index (Phi) is 3.91. The molecule has 0 bridgehead atoms. The number of benzene rings is 1. The van der Waals surface area contributed by atoms with Gasteiger partial charge in [0.25, 0.3) is 15.9 Å². The van der Waals surface area contributed by atoms with Crippen molar-refractivity contribution in [3.05, 3.63) is 29.3 Å². The predicted octanol–water partition coefficient (Wildman–Crippen LogP) is 2.20. The van der Waals surface area contributed by atoms with Crippen LogP contribution >= 0.6 is 0 Å². The molecule has 3 rings (SSSR count). The molecule has 7 heteroatoms. The van der Waals surface area contributed by atoms with Crippen molar-refractivity contribution >= 4 is 21.9 Å². The van der Waals surface area contributed by atoms with Crippen LogP contribution in [0.5, 0.6) is 0 Å². The molecule has 1 saturated carbocycles. The van der Waals surface area contributed by atoms with E-state index in [1.54, 1.807) is 0 Å². The molecule has 2 aliphatic rings. The van der Waals surface area contributed by atoms with Crippen LogP contribution in [-0.4, -0.2) is 37.8 Å². The predicted molar refractivity (Wildman–Crippen MR) is 82.6 cm³/mol. The summed E-state index contributed by atoms with van der Waals surface area (Å²) in [6, 6.07) is 3.75. The van der Waals surface area contributed by atoms with Crippen LogP contribution in [0.1, 0.15) is 53.3 Å². The van der Waals surface area contributed by atoms with Gasteiger partial charge < -0.3 is 4.74 Å².